The second-order valence-electron chi connectivity index (χ2n) is 4.08. The predicted molar refractivity (Wildman–Crippen MR) is 74.0 cm³/mol. The number of hydrogen-bond acceptors (Lipinski definition) is 5. The summed E-state index contributed by atoms with van der Waals surface area (Å²) in [5, 5.41) is 12.9. The smallest absolute Gasteiger partial charge is 0.374 e. The van der Waals surface area contributed by atoms with Crippen LogP contribution in [0.25, 0.3) is 10.9 Å². The van der Waals surface area contributed by atoms with E-state index in [0.29, 0.717) is 11.3 Å². The molecule has 0 aliphatic heterocycles. The van der Waals surface area contributed by atoms with E-state index >= 15 is 0 Å². The van der Waals surface area contributed by atoms with Crippen LogP contribution in [0.2, 0.25) is 0 Å². The Labute approximate surface area is 114 Å². The highest BCUT2D eigenvalue weighted by atomic mass is 16.4. The molecule has 0 aliphatic carbocycles. The highest BCUT2D eigenvalue weighted by Crippen LogP contribution is 2.23. The molecule has 0 saturated carbocycles. The molecule has 0 atom stereocenters. The van der Waals surface area contributed by atoms with Gasteiger partial charge in [-0.1, -0.05) is 12.1 Å². The second-order valence-corrected chi connectivity index (χ2v) is 4.08. The average Bonchev–Trinajstić information content (AvgIpc) is 2.48. The van der Waals surface area contributed by atoms with Crippen molar-refractivity contribution in [2.24, 2.45) is 0 Å². The fourth-order valence-electron chi connectivity index (χ4n) is 1.84. The maximum atomic E-state index is 11.1. The van der Waals surface area contributed by atoms with E-state index in [0.717, 1.165) is 11.1 Å². The number of nitrogens with one attached hydrogen (secondary N) is 1. The summed E-state index contributed by atoms with van der Waals surface area (Å²) < 4.78 is 0. The summed E-state index contributed by atoms with van der Waals surface area (Å²) in [6, 6.07) is 10.8. The molecule has 6 heteroatoms. The van der Waals surface area contributed by atoms with Gasteiger partial charge >= 0.3 is 5.97 Å². The quantitative estimate of drug-likeness (QED) is 0.757. The molecule has 0 amide bonds. The number of anilines is 2. The Morgan fingerprint density at radius 3 is 2.70 bits per heavy atom. The van der Waals surface area contributed by atoms with Gasteiger partial charge in [0.25, 0.3) is 0 Å². The molecule has 3 rings (SSSR count). The molecule has 2 aromatic heterocycles. The molecule has 1 aromatic carbocycles. The zero-order chi connectivity index (χ0) is 13.9. The number of nitrogens with zero attached hydrogens (tertiary/aromatic N) is 3. The van der Waals surface area contributed by atoms with Crippen molar-refractivity contribution < 1.29 is 9.90 Å². The van der Waals surface area contributed by atoms with Crippen LogP contribution in [-0.2, 0) is 0 Å². The highest BCUT2D eigenvalue weighted by molar-refractivity contribution is 5.94. The number of benzene rings is 1. The molecule has 6 nitrogen and oxygen atoms in total. The number of carboxylic acids is 1. The fraction of sp³-hybridized carbons (Fsp3) is 0. The van der Waals surface area contributed by atoms with Gasteiger partial charge in [0.2, 0.25) is 5.82 Å². The SMILES string of the molecule is O=C(O)c1nc(Nc2cccnc2)c2ccccc2n1. The molecule has 0 fully saturated rings. The topological polar surface area (TPSA) is 88.0 Å². The van der Waals surface area contributed by atoms with Crippen molar-refractivity contribution in [1.29, 1.82) is 0 Å². The molecule has 0 radical (unpaired) electrons. The lowest BCUT2D eigenvalue weighted by atomic mass is 10.2. The molecular weight excluding hydrogens is 256 g/mol. The molecule has 3 aromatic rings. The number of fused-ring (bicyclic) bond motifs is 1. The van der Waals surface area contributed by atoms with Crippen LogP contribution in [0.15, 0.2) is 48.8 Å². The van der Waals surface area contributed by atoms with Crippen LogP contribution in [-0.4, -0.2) is 26.0 Å². The number of hydrogen-bond donors (Lipinski definition) is 2. The zero-order valence-corrected chi connectivity index (χ0v) is 10.3. The number of aromatic nitrogens is 3. The lowest BCUT2D eigenvalue weighted by Crippen LogP contribution is -2.07. The summed E-state index contributed by atoms with van der Waals surface area (Å²) in [6.45, 7) is 0. The molecule has 2 N–H and O–H groups in total. The molecular formula is C14H10N4O2. The van der Waals surface area contributed by atoms with E-state index in [4.69, 9.17) is 5.11 Å². The maximum absolute atomic E-state index is 11.1. The number of pyridine rings is 1. The Hall–Kier alpha value is -3.02. The minimum atomic E-state index is -1.16. The number of rotatable bonds is 3. The molecule has 0 unspecified atom stereocenters. The van der Waals surface area contributed by atoms with E-state index in [1.54, 1.807) is 30.6 Å². The van der Waals surface area contributed by atoms with Crippen LogP contribution in [0, 0.1) is 0 Å². The van der Waals surface area contributed by atoms with Gasteiger partial charge in [-0.25, -0.2) is 14.8 Å². The summed E-state index contributed by atoms with van der Waals surface area (Å²) in [5.74, 6) is -0.957. The first-order chi connectivity index (χ1) is 9.74. The van der Waals surface area contributed by atoms with E-state index in [1.807, 2.05) is 18.2 Å². The first-order valence-electron chi connectivity index (χ1n) is 5.91. The van der Waals surface area contributed by atoms with Gasteiger partial charge in [0.05, 0.1) is 17.4 Å². The standard InChI is InChI=1S/C14H10N4O2/c19-14(20)13-17-11-6-2-1-5-10(11)12(18-13)16-9-4-3-7-15-8-9/h1-8H,(H,19,20)(H,16,17,18). The van der Waals surface area contributed by atoms with Crippen molar-refractivity contribution >= 4 is 28.4 Å². The van der Waals surface area contributed by atoms with Crippen molar-refractivity contribution in [2.75, 3.05) is 5.32 Å². The van der Waals surface area contributed by atoms with Gasteiger partial charge < -0.3 is 10.4 Å². The summed E-state index contributed by atoms with van der Waals surface area (Å²) >= 11 is 0. The van der Waals surface area contributed by atoms with Crippen molar-refractivity contribution in [1.82, 2.24) is 15.0 Å². The lowest BCUT2D eigenvalue weighted by molar-refractivity contribution is 0.0684. The molecule has 0 spiro atoms. The highest BCUT2D eigenvalue weighted by Gasteiger charge is 2.12. The molecule has 0 aliphatic rings. The van der Waals surface area contributed by atoms with Gasteiger partial charge in [-0.15, -0.1) is 0 Å². The zero-order valence-electron chi connectivity index (χ0n) is 10.3. The Bertz CT molecular complexity index is 774. The molecule has 0 bridgehead atoms. The summed E-state index contributed by atoms with van der Waals surface area (Å²) in [4.78, 5) is 23.1. The number of carboxylic acid groups (broad SMARTS) is 1. The van der Waals surface area contributed by atoms with E-state index in [9.17, 15) is 4.79 Å². The van der Waals surface area contributed by atoms with E-state index in [-0.39, 0.29) is 5.82 Å². The Morgan fingerprint density at radius 1 is 1.10 bits per heavy atom. The third kappa shape index (κ3) is 2.26. The van der Waals surface area contributed by atoms with Gasteiger partial charge in [0, 0.05) is 11.6 Å². The van der Waals surface area contributed by atoms with Crippen molar-refractivity contribution in [3.8, 4) is 0 Å². The number of aromatic carboxylic acids is 1. The molecule has 2 heterocycles. The van der Waals surface area contributed by atoms with E-state index in [2.05, 4.69) is 20.3 Å². The van der Waals surface area contributed by atoms with Crippen LogP contribution in [0.4, 0.5) is 11.5 Å². The first kappa shape index (κ1) is 12.0. The largest absolute Gasteiger partial charge is 0.475 e. The van der Waals surface area contributed by atoms with Gasteiger partial charge in [-0.3, -0.25) is 4.98 Å². The minimum absolute atomic E-state index is 0.241. The molecule has 0 saturated heterocycles. The van der Waals surface area contributed by atoms with Crippen LogP contribution in [0.5, 0.6) is 0 Å². The Kier molecular flexibility index (Phi) is 2.96. The first-order valence-corrected chi connectivity index (χ1v) is 5.91. The van der Waals surface area contributed by atoms with Crippen molar-refractivity contribution in [2.45, 2.75) is 0 Å². The monoisotopic (exact) mass is 266 g/mol. The third-order valence-electron chi connectivity index (χ3n) is 2.72. The van der Waals surface area contributed by atoms with E-state index in [1.165, 1.54) is 0 Å². The normalized spacial score (nSPS) is 10.4. The number of carbonyl (C=O) groups is 1. The third-order valence-corrected chi connectivity index (χ3v) is 2.72. The number of para-hydroxylation sites is 1. The van der Waals surface area contributed by atoms with Crippen LogP contribution in [0.1, 0.15) is 10.6 Å². The summed E-state index contributed by atoms with van der Waals surface area (Å²) in [5.41, 5.74) is 1.30. The second kappa shape index (κ2) is 4.93. The Morgan fingerprint density at radius 2 is 1.95 bits per heavy atom. The lowest BCUT2D eigenvalue weighted by Gasteiger charge is -2.09. The summed E-state index contributed by atoms with van der Waals surface area (Å²) in [7, 11) is 0. The maximum Gasteiger partial charge on any atom is 0.374 e. The van der Waals surface area contributed by atoms with Gasteiger partial charge in [-0.2, -0.15) is 0 Å². The molecule has 20 heavy (non-hydrogen) atoms. The summed E-state index contributed by atoms with van der Waals surface area (Å²) in [6.07, 6.45) is 3.29. The minimum Gasteiger partial charge on any atom is -0.475 e. The van der Waals surface area contributed by atoms with Gasteiger partial charge in [0.1, 0.15) is 5.82 Å². The van der Waals surface area contributed by atoms with E-state index < -0.39 is 5.97 Å². The van der Waals surface area contributed by atoms with Crippen LogP contribution >= 0.6 is 0 Å². The fourth-order valence-corrected chi connectivity index (χ4v) is 1.84. The predicted octanol–water partition coefficient (Wildman–Crippen LogP) is 2.47. The van der Waals surface area contributed by atoms with Crippen LogP contribution < -0.4 is 5.32 Å². The van der Waals surface area contributed by atoms with Crippen molar-refractivity contribution in [3.05, 3.63) is 54.6 Å². The average molecular weight is 266 g/mol. The van der Waals surface area contributed by atoms with Crippen LogP contribution in [0.3, 0.4) is 0 Å². The van der Waals surface area contributed by atoms with Crippen molar-refractivity contribution in [3.63, 3.8) is 0 Å². The molecule has 98 valence electrons. The van der Waals surface area contributed by atoms with Gasteiger partial charge in [-0.05, 0) is 24.3 Å². The van der Waals surface area contributed by atoms with Gasteiger partial charge in [0.15, 0.2) is 0 Å². The Balaban J connectivity index is 2.15.